The van der Waals surface area contributed by atoms with Crippen LogP contribution in [0.5, 0.6) is 5.75 Å². The second-order valence-electron chi connectivity index (χ2n) is 9.22. The van der Waals surface area contributed by atoms with Gasteiger partial charge in [0.2, 0.25) is 5.43 Å². The average Bonchev–Trinajstić information content (AvgIpc) is 3.67. The van der Waals surface area contributed by atoms with E-state index in [-0.39, 0.29) is 35.2 Å². The number of pyridine rings is 1. The van der Waals surface area contributed by atoms with Gasteiger partial charge in [0.15, 0.2) is 0 Å². The zero-order valence-corrected chi connectivity index (χ0v) is 19.4. The zero-order chi connectivity index (χ0) is 23.4. The molecule has 0 radical (unpaired) electrons. The molecule has 2 fully saturated rings. The lowest BCUT2D eigenvalue weighted by atomic mass is 10.1. The fourth-order valence-electron chi connectivity index (χ4n) is 4.44. The summed E-state index contributed by atoms with van der Waals surface area (Å²) in [6, 6.07) is 7.43. The lowest BCUT2D eigenvalue weighted by molar-refractivity contribution is 0.0931. The third kappa shape index (κ3) is 5.64. The van der Waals surface area contributed by atoms with E-state index >= 15 is 0 Å². The van der Waals surface area contributed by atoms with Gasteiger partial charge in [-0.2, -0.15) is 0 Å². The fourth-order valence-corrected chi connectivity index (χ4v) is 4.44. The van der Waals surface area contributed by atoms with E-state index < -0.39 is 11.3 Å². The number of ether oxygens (including phenoxy) is 1. The number of hydrogen-bond acceptors (Lipinski definition) is 4. The van der Waals surface area contributed by atoms with Gasteiger partial charge in [0.1, 0.15) is 16.9 Å². The highest BCUT2D eigenvalue weighted by atomic mass is 16.5. The largest absolute Gasteiger partial charge is 0.497 e. The highest BCUT2D eigenvalue weighted by Gasteiger charge is 2.28. The number of benzene rings is 1. The van der Waals surface area contributed by atoms with Crippen LogP contribution in [-0.2, 0) is 0 Å². The van der Waals surface area contributed by atoms with Crippen molar-refractivity contribution in [1.82, 2.24) is 15.2 Å². The summed E-state index contributed by atoms with van der Waals surface area (Å²) < 4.78 is 7.04. The number of aromatic nitrogens is 1. The molecule has 2 aromatic rings. The Labute approximate surface area is 194 Å². The molecule has 0 bridgehead atoms. The molecule has 7 heteroatoms. The van der Waals surface area contributed by atoms with Crippen molar-refractivity contribution in [2.24, 2.45) is 0 Å². The summed E-state index contributed by atoms with van der Waals surface area (Å²) >= 11 is 0. The van der Waals surface area contributed by atoms with Crippen LogP contribution in [0.15, 0.2) is 41.5 Å². The van der Waals surface area contributed by atoms with Crippen LogP contribution in [0.25, 0.3) is 0 Å². The first kappa shape index (κ1) is 23.1. The lowest BCUT2D eigenvalue weighted by Gasteiger charge is -2.18. The first-order chi connectivity index (χ1) is 16.0. The van der Waals surface area contributed by atoms with Crippen LogP contribution in [0.3, 0.4) is 0 Å². The Bertz CT molecular complexity index is 1050. The van der Waals surface area contributed by atoms with Crippen LogP contribution in [0.4, 0.5) is 0 Å². The molecule has 1 atom stereocenters. The Morgan fingerprint density at radius 3 is 2.12 bits per heavy atom. The van der Waals surface area contributed by atoms with Gasteiger partial charge in [-0.3, -0.25) is 14.4 Å². The molecule has 0 spiro atoms. The van der Waals surface area contributed by atoms with Gasteiger partial charge in [-0.05, 0) is 50.3 Å². The van der Waals surface area contributed by atoms with Crippen LogP contribution in [-0.4, -0.2) is 29.5 Å². The van der Waals surface area contributed by atoms with Gasteiger partial charge in [-0.25, -0.2) is 0 Å². The molecule has 2 saturated carbocycles. The standard InChI is InChI=1S/C26H33N3O4/c1-17(18-9-13-21(33-2)14-10-18)27-25(31)22-15-29(20-11-12-20)16-23(24(22)30)26(32)28-19-7-5-3-4-6-8-19/h9-10,13-17,19-20H,3-8,11-12H2,1-2H3,(H,27,31)(H,28,32)/t17-/m1/s1. The zero-order valence-electron chi connectivity index (χ0n) is 19.4. The minimum atomic E-state index is -0.516. The quantitative estimate of drug-likeness (QED) is 0.620. The van der Waals surface area contributed by atoms with E-state index in [2.05, 4.69) is 10.6 Å². The average molecular weight is 452 g/mol. The molecular weight excluding hydrogens is 418 g/mol. The monoisotopic (exact) mass is 451 g/mol. The topological polar surface area (TPSA) is 89.4 Å². The van der Waals surface area contributed by atoms with Gasteiger partial charge >= 0.3 is 0 Å². The number of hydrogen-bond donors (Lipinski definition) is 2. The predicted molar refractivity (Wildman–Crippen MR) is 127 cm³/mol. The van der Waals surface area contributed by atoms with E-state index in [1.165, 1.54) is 12.8 Å². The maximum absolute atomic E-state index is 13.2. The number of methoxy groups -OCH3 is 1. The van der Waals surface area contributed by atoms with Crippen LogP contribution in [0, 0.1) is 0 Å². The minimum absolute atomic E-state index is 0.00998. The molecule has 2 aliphatic carbocycles. The highest BCUT2D eigenvalue weighted by Crippen LogP contribution is 2.34. The maximum atomic E-state index is 13.2. The fraction of sp³-hybridized carbons (Fsp3) is 0.500. The molecule has 2 amide bonds. The predicted octanol–water partition coefficient (Wildman–Crippen LogP) is 4.14. The summed E-state index contributed by atoms with van der Waals surface area (Å²) in [6.45, 7) is 1.86. The molecule has 0 unspecified atom stereocenters. The summed E-state index contributed by atoms with van der Waals surface area (Å²) in [5.74, 6) is -0.113. The number of nitrogens with one attached hydrogen (secondary N) is 2. The van der Waals surface area contributed by atoms with Crippen molar-refractivity contribution in [3.05, 3.63) is 63.6 Å². The van der Waals surface area contributed by atoms with Gasteiger partial charge in [-0.15, -0.1) is 0 Å². The molecular formula is C26H33N3O4. The summed E-state index contributed by atoms with van der Waals surface area (Å²) in [5.41, 5.74) is 0.443. The highest BCUT2D eigenvalue weighted by molar-refractivity contribution is 5.99. The number of rotatable bonds is 7. The van der Waals surface area contributed by atoms with Crippen LogP contribution >= 0.6 is 0 Å². The SMILES string of the molecule is COc1ccc([C@@H](C)NC(=O)c2cn(C3CC3)cc(C(=O)NC3CCCCCC3)c2=O)cc1. The van der Waals surface area contributed by atoms with Crippen molar-refractivity contribution in [1.29, 1.82) is 0 Å². The third-order valence-electron chi connectivity index (χ3n) is 6.66. The van der Waals surface area contributed by atoms with Crippen molar-refractivity contribution in [3.63, 3.8) is 0 Å². The third-order valence-corrected chi connectivity index (χ3v) is 6.66. The molecule has 33 heavy (non-hydrogen) atoms. The van der Waals surface area contributed by atoms with E-state index in [0.29, 0.717) is 0 Å². The Hall–Kier alpha value is -3.09. The van der Waals surface area contributed by atoms with Gasteiger partial charge in [-0.1, -0.05) is 37.8 Å². The molecule has 0 saturated heterocycles. The van der Waals surface area contributed by atoms with Crippen molar-refractivity contribution in [3.8, 4) is 5.75 Å². The molecule has 2 aliphatic rings. The van der Waals surface area contributed by atoms with Crippen LogP contribution < -0.4 is 20.8 Å². The molecule has 7 nitrogen and oxygen atoms in total. The molecule has 4 rings (SSSR count). The number of amides is 2. The Morgan fingerprint density at radius 1 is 0.939 bits per heavy atom. The first-order valence-corrected chi connectivity index (χ1v) is 12.0. The molecule has 1 aromatic carbocycles. The normalized spacial score (nSPS) is 17.6. The van der Waals surface area contributed by atoms with E-state index in [4.69, 9.17) is 4.74 Å². The van der Waals surface area contributed by atoms with Gasteiger partial charge < -0.3 is 19.9 Å². The van der Waals surface area contributed by atoms with Crippen molar-refractivity contribution in [2.45, 2.75) is 76.4 Å². The van der Waals surface area contributed by atoms with Gasteiger partial charge in [0, 0.05) is 24.5 Å². The van der Waals surface area contributed by atoms with Gasteiger partial charge in [0.25, 0.3) is 11.8 Å². The Morgan fingerprint density at radius 2 is 1.55 bits per heavy atom. The summed E-state index contributed by atoms with van der Waals surface area (Å²) in [7, 11) is 1.60. The van der Waals surface area contributed by atoms with E-state index in [9.17, 15) is 14.4 Å². The molecule has 176 valence electrons. The van der Waals surface area contributed by atoms with Gasteiger partial charge in [0.05, 0.1) is 13.2 Å². The van der Waals surface area contributed by atoms with E-state index in [1.54, 1.807) is 19.5 Å². The van der Waals surface area contributed by atoms with Crippen molar-refractivity contribution >= 4 is 11.8 Å². The van der Waals surface area contributed by atoms with E-state index in [1.807, 2.05) is 35.8 Å². The lowest BCUT2D eigenvalue weighted by Crippen LogP contribution is -2.39. The van der Waals surface area contributed by atoms with Crippen molar-refractivity contribution in [2.75, 3.05) is 7.11 Å². The molecule has 0 aliphatic heterocycles. The molecule has 2 N–H and O–H groups in total. The Balaban J connectivity index is 1.55. The number of nitrogens with zero attached hydrogens (tertiary/aromatic N) is 1. The smallest absolute Gasteiger partial charge is 0.257 e. The summed E-state index contributed by atoms with van der Waals surface area (Å²) in [6.07, 6.45) is 11.6. The van der Waals surface area contributed by atoms with Crippen LogP contribution in [0.1, 0.15) is 96.7 Å². The Kier molecular flexibility index (Phi) is 7.16. The van der Waals surface area contributed by atoms with Crippen LogP contribution in [0.2, 0.25) is 0 Å². The molecule has 1 aromatic heterocycles. The number of carbonyl (C=O) groups excluding carboxylic acids is 2. The first-order valence-electron chi connectivity index (χ1n) is 12.0. The summed E-state index contributed by atoms with van der Waals surface area (Å²) in [5, 5.41) is 5.96. The van der Waals surface area contributed by atoms with E-state index in [0.717, 1.165) is 49.8 Å². The number of carbonyl (C=O) groups is 2. The second-order valence-corrected chi connectivity index (χ2v) is 9.22. The summed E-state index contributed by atoms with van der Waals surface area (Å²) in [4.78, 5) is 39.4. The maximum Gasteiger partial charge on any atom is 0.257 e. The minimum Gasteiger partial charge on any atom is -0.497 e. The second kappa shape index (κ2) is 10.2. The molecule has 1 heterocycles. The van der Waals surface area contributed by atoms with Crippen molar-refractivity contribution < 1.29 is 14.3 Å².